The molecule has 2 aromatic rings. The van der Waals surface area contributed by atoms with E-state index in [-0.39, 0.29) is 5.91 Å². The number of nitrogens with one attached hydrogen (secondary N) is 1. The van der Waals surface area contributed by atoms with Gasteiger partial charge in [0.1, 0.15) is 0 Å². The van der Waals surface area contributed by atoms with Crippen molar-refractivity contribution in [2.24, 2.45) is 0 Å². The molecule has 4 heteroatoms. The molecule has 26 heavy (non-hydrogen) atoms. The monoisotopic (exact) mass is 368 g/mol. The second-order valence-electron chi connectivity index (χ2n) is 6.84. The van der Waals surface area contributed by atoms with Crippen LogP contribution >= 0.6 is 11.8 Å². The Labute approximate surface area is 161 Å². The lowest BCUT2D eigenvalue weighted by Gasteiger charge is -2.26. The Kier molecular flexibility index (Phi) is 7.59. The fourth-order valence-corrected chi connectivity index (χ4v) is 4.08. The average molecular weight is 369 g/mol. The summed E-state index contributed by atoms with van der Waals surface area (Å²) in [4.78, 5) is 15.8. The van der Waals surface area contributed by atoms with Crippen molar-refractivity contribution in [2.45, 2.75) is 43.7 Å². The van der Waals surface area contributed by atoms with Crippen LogP contribution in [0.1, 0.15) is 36.8 Å². The summed E-state index contributed by atoms with van der Waals surface area (Å²) in [6, 6.07) is 18.9. The molecule has 1 aliphatic heterocycles. The first-order valence-electron chi connectivity index (χ1n) is 9.54. The molecule has 3 rings (SSSR count). The Bertz CT molecular complexity index is 666. The molecule has 0 aromatic heterocycles. The highest BCUT2D eigenvalue weighted by atomic mass is 32.2. The van der Waals surface area contributed by atoms with E-state index in [4.69, 9.17) is 0 Å². The smallest absolute Gasteiger partial charge is 0.221 e. The number of thioether (sulfide) groups is 1. The second kappa shape index (κ2) is 10.4. The van der Waals surface area contributed by atoms with Gasteiger partial charge >= 0.3 is 0 Å². The summed E-state index contributed by atoms with van der Waals surface area (Å²) in [5.41, 5.74) is 2.53. The van der Waals surface area contributed by atoms with Crippen LogP contribution in [-0.4, -0.2) is 29.6 Å². The third-order valence-electron chi connectivity index (χ3n) is 4.71. The van der Waals surface area contributed by atoms with Crippen LogP contribution in [0, 0.1) is 0 Å². The van der Waals surface area contributed by atoms with Gasteiger partial charge in [-0.1, -0.05) is 48.9 Å². The van der Waals surface area contributed by atoms with Gasteiger partial charge in [0.2, 0.25) is 5.91 Å². The largest absolute Gasteiger partial charge is 0.352 e. The standard InChI is InChI=1S/C22H28N2OS/c25-22(13-16-26-21-7-3-1-4-8-21)23-17-19-9-11-20(12-10-19)18-24-14-5-2-6-15-24/h1,3-4,7-12H,2,5-6,13-18H2,(H,23,25). The molecule has 0 unspecified atom stereocenters. The maximum atomic E-state index is 12.0. The zero-order valence-corrected chi connectivity index (χ0v) is 16.1. The van der Waals surface area contributed by atoms with Crippen molar-refractivity contribution in [3.63, 3.8) is 0 Å². The minimum absolute atomic E-state index is 0.117. The number of hydrogen-bond donors (Lipinski definition) is 1. The van der Waals surface area contributed by atoms with Crippen molar-refractivity contribution in [3.8, 4) is 0 Å². The Morgan fingerprint density at radius 1 is 0.923 bits per heavy atom. The predicted molar refractivity (Wildman–Crippen MR) is 109 cm³/mol. The molecule has 0 bridgehead atoms. The van der Waals surface area contributed by atoms with E-state index in [0.29, 0.717) is 13.0 Å². The van der Waals surface area contributed by atoms with Gasteiger partial charge in [0.05, 0.1) is 0 Å². The Morgan fingerprint density at radius 3 is 2.35 bits per heavy atom. The van der Waals surface area contributed by atoms with E-state index in [2.05, 4.69) is 46.6 Å². The van der Waals surface area contributed by atoms with E-state index >= 15 is 0 Å². The van der Waals surface area contributed by atoms with Gasteiger partial charge in [-0.15, -0.1) is 11.8 Å². The van der Waals surface area contributed by atoms with E-state index in [1.165, 1.54) is 42.8 Å². The lowest BCUT2D eigenvalue weighted by atomic mass is 10.1. The Balaban J connectivity index is 1.35. The van der Waals surface area contributed by atoms with E-state index in [0.717, 1.165) is 17.9 Å². The molecule has 1 aliphatic rings. The highest BCUT2D eigenvalue weighted by Gasteiger charge is 2.10. The molecule has 1 saturated heterocycles. The summed E-state index contributed by atoms with van der Waals surface area (Å²) in [5, 5.41) is 3.02. The summed E-state index contributed by atoms with van der Waals surface area (Å²) in [7, 11) is 0. The molecule has 2 aromatic carbocycles. The average Bonchev–Trinajstić information content (AvgIpc) is 2.69. The molecule has 0 spiro atoms. The number of piperidine rings is 1. The number of rotatable bonds is 8. The first-order valence-corrected chi connectivity index (χ1v) is 10.5. The Morgan fingerprint density at radius 2 is 1.62 bits per heavy atom. The lowest BCUT2D eigenvalue weighted by Crippen LogP contribution is -2.29. The van der Waals surface area contributed by atoms with Crippen molar-refractivity contribution in [2.75, 3.05) is 18.8 Å². The minimum atomic E-state index is 0.117. The maximum Gasteiger partial charge on any atom is 0.221 e. The number of nitrogens with zero attached hydrogens (tertiary/aromatic N) is 1. The fourth-order valence-electron chi connectivity index (χ4n) is 3.21. The predicted octanol–water partition coefficient (Wildman–Crippen LogP) is 4.47. The molecular weight excluding hydrogens is 340 g/mol. The molecular formula is C22H28N2OS. The molecule has 1 heterocycles. The van der Waals surface area contributed by atoms with Crippen molar-refractivity contribution < 1.29 is 4.79 Å². The van der Waals surface area contributed by atoms with Gasteiger partial charge in [-0.25, -0.2) is 0 Å². The van der Waals surface area contributed by atoms with Crippen molar-refractivity contribution >= 4 is 17.7 Å². The summed E-state index contributed by atoms with van der Waals surface area (Å²) in [5.74, 6) is 0.927. The van der Waals surface area contributed by atoms with Crippen LogP contribution in [0.3, 0.4) is 0 Å². The quantitative estimate of drug-likeness (QED) is 0.698. The van der Waals surface area contributed by atoms with Crippen LogP contribution in [0.2, 0.25) is 0 Å². The molecule has 3 nitrogen and oxygen atoms in total. The summed E-state index contributed by atoms with van der Waals surface area (Å²) >= 11 is 1.72. The van der Waals surface area contributed by atoms with Crippen LogP contribution in [0.25, 0.3) is 0 Å². The number of carbonyl (C=O) groups is 1. The maximum absolute atomic E-state index is 12.0. The van der Waals surface area contributed by atoms with Crippen LogP contribution in [-0.2, 0) is 17.9 Å². The number of amides is 1. The topological polar surface area (TPSA) is 32.3 Å². The van der Waals surface area contributed by atoms with E-state index < -0.39 is 0 Å². The lowest BCUT2D eigenvalue weighted by molar-refractivity contribution is -0.120. The summed E-state index contributed by atoms with van der Waals surface area (Å²) < 4.78 is 0. The number of benzene rings is 2. The van der Waals surface area contributed by atoms with E-state index in [9.17, 15) is 4.79 Å². The molecule has 0 radical (unpaired) electrons. The molecule has 0 aliphatic carbocycles. The van der Waals surface area contributed by atoms with Gasteiger partial charge in [0.25, 0.3) is 0 Å². The molecule has 1 fully saturated rings. The second-order valence-corrected chi connectivity index (χ2v) is 8.01. The molecule has 0 atom stereocenters. The molecule has 1 N–H and O–H groups in total. The van der Waals surface area contributed by atoms with Gasteiger partial charge in [-0.3, -0.25) is 9.69 Å². The molecule has 138 valence electrons. The number of hydrogen-bond acceptors (Lipinski definition) is 3. The van der Waals surface area contributed by atoms with Crippen LogP contribution in [0.4, 0.5) is 0 Å². The highest BCUT2D eigenvalue weighted by molar-refractivity contribution is 7.99. The van der Waals surface area contributed by atoms with E-state index in [1.807, 2.05) is 18.2 Å². The number of likely N-dealkylation sites (tertiary alicyclic amines) is 1. The highest BCUT2D eigenvalue weighted by Crippen LogP contribution is 2.17. The SMILES string of the molecule is O=C(CCSc1ccccc1)NCc1ccc(CN2CCCCC2)cc1. The Hall–Kier alpha value is -1.78. The van der Waals surface area contributed by atoms with Crippen molar-refractivity contribution in [1.29, 1.82) is 0 Å². The normalized spacial score (nSPS) is 14.9. The molecule has 1 amide bonds. The third-order valence-corrected chi connectivity index (χ3v) is 5.72. The molecule has 0 saturated carbocycles. The van der Waals surface area contributed by atoms with Crippen molar-refractivity contribution in [3.05, 3.63) is 65.7 Å². The zero-order chi connectivity index (χ0) is 18.0. The van der Waals surface area contributed by atoms with Crippen LogP contribution in [0.5, 0.6) is 0 Å². The van der Waals surface area contributed by atoms with Gasteiger partial charge in [-0.05, 0) is 49.2 Å². The minimum Gasteiger partial charge on any atom is -0.352 e. The van der Waals surface area contributed by atoms with Crippen LogP contribution in [0.15, 0.2) is 59.5 Å². The third kappa shape index (κ3) is 6.50. The number of carbonyl (C=O) groups excluding carboxylic acids is 1. The van der Waals surface area contributed by atoms with Gasteiger partial charge < -0.3 is 5.32 Å². The summed E-state index contributed by atoms with van der Waals surface area (Å²) in [6.07, 6.45) is 4.57. The van der Waals surface area contributed by atoms with Gasteiger partial charge in [0.15, 0.2) is 0 Å². The van der Waals surface area contributed by atoms with Crippen LogP contribution < -0.4 is 5.32 Å². The fraction of sp³-hybridized carbons (Fsp3) is 0.409. The first kappa shape index (κ1) is 19.0. The summed E-state index contributed by atoms with van der Waals surface area (Å²) in [6.45, 7) is 4.10. The van der Waals surface area contributed by atoms with E-state index in [1.54, 1.807) is 11.8 Å². The zero-order valence-electron chi connectivity index (χ0n) is 15.3. The van der Waals surface area contributed by atoms with Gasteiger partial charge in [-0.2, -0.15) is 0 Å². The van der Waals surface area contributed by atoms with Crippen molar-refractivity contribution in [1.82, 2.24) is 10.2 Å². The van der Waals surface area contributed by atoms with Gasteiger partial charge in [0, 0.05) is 30.2 Å². The first-order chi connectivity index (χ1) is 12.8.